The molecule has 1 saturated carbocycles. The van der Waals surface area contributed by atoms with Crippen LogP contribution in [-0.4, -0.2) is 27.5 Å². The third-order valence-electron chi connectivity index (χ3n) is 4.87. The molecule has 4 heteroatoms. The van der Waals surface area contributed by atoms with Gasteiger partial charge in [-0.15, -0.1) is 0 Å². The minimum Gasteiger partial charge on any atom is -0.474 e. The molecule has 1 aromatic heterocycles. The molecule has 4 nitrogen and oxygen atoms in total. The van der Waals surface area contributed by atoms with Crippen LogP contribution in [0.4, 0.5) is 0 Å². The van der Waals surface area contributed by atoms with Crippen LogP contribution in [0.2, 0.25) is 0 Å². The monoisotopic (exact) mass is 309 g/mol. The Bertz CT molecular complexity index is 653. The standard InChI is InChI=1S/C19H23N3O/c1-2-6-15(7-3-1)12-22-11-10-18-17(13-22)19(21-14-20-18)23-16-8-4-5-9-16/h1-3,6-7,14,16H,4-5,8-13H2. The van der Waals surface area contributed by atoms with Crippen LogP contribution in [0.3, 0.4) is 0 Å². The van der Waals surface area contributed by atoms with Crippen LogP contribution in [-0.2, 0) is 19.5 Å². The molecule has 0 atom stereocenters. The third-order valence-corrected chi connectivity index (χ3v) is 4.87. The van der Waals surface area contributed by atoms with Crippen molar-refractivity contribution in [1.29, 1.82) is 0 Å². The molecule has 0 N–H and O–H groups in total. The Labute approximate surface area is 137 Å². The normalized spacial score (nSPS) is 18.8. The lowest BCUT2D eigenvalue weighted by molar-refractivity contribution is 0.185. The lowest BCUT2D eigenvalue weighted by atomic mass is 10.1. The number of benzene rings is 1. The molecule has 0 amide bonds. The van der Waals surface area contributed by atoms with Crippen LogP contribution in [0, 0.1) is 0 Å². The fourth-order valence-corrected chi connectivity index (χ4v) is 3.61. The first-order valence-electron chi connectivity index (χ1n) is 8.64. The van der Waals surface area contributed by atoms with Crippen molar-refractivity contribution in [2.45, 2.75) is 51.3 Å². The van der Waals surface area contributed by atoms with Gasteiger partial charge in [0.2, 0.25) is 5.88 Å². The van der Waals surface area contributed by atoms with E-state index in [1.54, 1.807) is 6.33 Å². The van der Waals surface area contributed by atoms with Gasteiger partial charge in [0.1, 0.15) is 12.4 Å². The van der Waals surface area contributed by atoms with Gasteiger partial charge >= 0.3 is 0 Å². The number of aromatic nitrogens is 2. The molecule has 0 radical (unpaired) electrons. The van der Waals surface area contributed by atoms with E-state index in [-0.39, 0.29) is 0 Å². The van der Waals surface area contributed by atoms with E-state index in [9.17, 15) is 0 Å². The van der Waals surface area contributed by atoms with E-state index in [0.29, 0.717) is 6.10 Å². The molecule has 1 aromatic carbocycles. The SMILES string of the molecule is c1ccc(CN2CCc3ncnc(OC4CCCC4)c3C2)cc1. The molecule has 2 heterocycles. The molecule has 0 saturated heterocycles. The maximum atomic E-state index is 6.19. The highest BCUT2D eigenvalue weighted by atomic mass is 16.5. The topological polar surface area (TPSA) is 38.2 Å². The molecule has 1 aliphatic heterocycles. The van der Waals surface area contributed by atoms with Crippen molar-refractivity contribution in [3.05, 3.63) is 53.5 Å². The van der Waals surface area contributed by atoms with Crippen molar-refractivity contribution in [2.24, 2.45) is 0 Å². The first kappa shape index (κ1) is 14.6. The first-order valence-corrected chi connectivity index (χ1v) is 8.64. The fourth-order valence-electron chi connectivity index (χ4n) is 3.61. The molecule has 0 bridgehead atoms. The summed E-state index contributed by atoms with van der Waals surface area (Å²) < 4.78 is 6.19. The summed E-state index contributed by atoms with van der Waals surface area (Å²) in [6.07, 6.45) is 7.86. The van der Waals surface area contributed by atoms with E-state index in [2.05, 4.69) is 45.2 Å². The molecule has 4 rings (SSSR count). The number of ether oxygens (including phenoxy) is 1. The predicted molar refractivity (Wildman–Crippen MR) is 89.2 cm³/mol. The molecular weight excluding hydrogens is 286 g/mol. The highest BCUT2D eigenvalue weighted by Crippen LogP contribution is 2.29. The van der Waals surface area contributed by atoms with Gasteiger partial charge in [-0.1, -0.05) is 30.3 Å². The summed E-state index contributed by atoms with van der Waals surface area (Å²) in [6.45, 7) is 2.90. The average molecular weight is 309 g/mol. The maximum absolute atomic E-state index is 6.19. The van der Waals surface area contributed by atoms with Gasteiger partial charge in [-0.25, -0.2) is 9.97 Å². The second-order valence-electron chi connectivity index (χ2n) is 6.57. The van der Waals surface area contributed by atoms with Crippen molar-refractivity contribution >= 4 is 0 Å². The average Bonchev–Trinajstić information content (AvgIpc) is 3.09. The van der Waals surface area contributed by atoms with Crippen molar-refractivity contribution in [1.82, 2.24) is 14.9 Å². The predicted octanol–water partition coefficient (Wildman–Crippen LogP) is 3.36. The summed E-state index contributed by atoms with van der Waals surface area (Å²) in [5, 5.41) is 0. The zero-order valence-electron chi connectivity index (χ0n) is 13.4. The molecule has 0 unspecified atom stereocenters. The summed E-state index contributed by atoms with van der Waals surface area (Å²) in [5.74, 6) is 0.819. The van der Waals surface area contributed by atoms with Gasteiger partial charge in [0.25, 0.3) is 0 Å². The van der Waals surface area contributed by atoms with E-state index >= 15 is 0 Å². The van der Waals surface area contributed by atoms with Gasteiger partial charge in [0, 0.05) is 31.6 Å². The van der Waals surface area contributed by atoms with Gasteiger partial charge < -0.3 is 4.74 Å². The Morgan fingerprint density at radius 2 is 1.91 bits per heavy atom. The van der Waals surface area contributed by atoms with Gasteiger partial charge in [-0.2, -0.15) is 0 Å². The van der Waals surface area contributed by atoms with Crippen LogP contribution < -0.4 is 4.74 Å². The van der Waals surface area contributed by atoms with Crippen LogP contribution in [0.15, 0.2) is 36.7 Å². The lowest BCUT2D eigenvalue weighted by Crippen LogP contribution is -2.31. The Balaban J connectivity index is 1.50. The van der Waals surface area contributed by atoms with Crippen LogP contribution in [0.25, 0.3) is 0 Å². The Hall–Kier alpha value is -1.94. The number of hydrogen-bond donors (Lipinski definition) is 0. The largest absolute Gasteiger partial charge is 0.474 e. The van der Waals surface area contributed by atoms with Crippen LogP contribution >= 0.6 is 0 Å². The van der Waals surface area contributed by atoms with Crippen molar-refractivity contribution < 1.29 is 4.74 Å². The van der Waals surface area contributed by atoms with Crippen molar-refractivity contribution in [2.75, 3.05) is 6.54 Å². The highest BCUT2D eigenvalue weighted by Gasteiger charge is 2.24. The molecule has 0 spiro atoms. The second-order valence-corrected chi connectivity index (χ2v) is 6.57. The van der Waals surface area contributed by atoms with E-state index in [1.807, 2.05) is 0 Å². The smallest absolute Gasteiger partial charge is 0.221 e. The summed E-state index contributed by atoms with van der Waals surface area (Å²) in [4.78, 5) is 11.4. The van der Waals surface area contributed by atoms with Crippen LogP contribution in [0.1, 0.15) is 42.5 Å². The minimum absolute atomic E-state index is 0.346. The molecule has 2 aliphatic rings. The quantitative estimate of drug-likeness (QED) is 0.868. The molecular formula is C19H23N3O. The lowest BCUT2D eigenvalue weighted by Gasteiger charge is -2.29. The van der Waals surface area contributed by atoms with Crippen LogP contribution in [0.5, 0.6) is 5.88 Å². The van der Waals surface area contributed by atoms with Gasteiger partial charge in [0.05, 0.1) is 5.69 Å². The highest BCUT2D eigenvalue weighted by molar-refractivity contribution is 5.32. The summed E-state index contributed by atoms with van der Waals surface area (Å²) in [5.41, 5.74) is 3.71. The van der Waals surface area contributed by atoms with E-state index in [0.717, 1.165) is 50.5 Å². The summed E-state index contributed by atoms with van der Waals surface area (Å²) >= 11 is 0. The maximum Gasteiger partial charge on any atom is 0.221 e. The number of fused-ring (bicyclic) bond motifs is 1. The molecule has 2 aromatic rings. The Morgan fingerprint density at radius 1 is 1.09 bits per heavy atom. The van der Waals surface area contributed by atoms with Crippen molar-refractivity contribution in [3.63, 3.8) is 0 Å². The summed E-state index contributed by atoms with van der Waals surface area (Å²) in [7, 11) is 0. The van der Waals surface area contributed by atoms with Gasteiger partial charge in [-0.3, -0.25) is 4.90 Å². The van der Waals surface area contributed by atoms with Crippen molar-refractivity contribution in [3.8, 4) is 5.88 Å². The molecule has 1 fully saturated rings. The first-order chi connectivity index (χ1) is 11.4. The number of nitrogens with zero attached hydrogens (tertiary/aromatic N) is 3. The minimum atomic E-state index is 0.346. The fraction of sp³-hybridized carbons (Fsp3) is 0.474. The number of rotatable bonds is 4. The zero-order valence-corrected chi connectivity index (χ0v) is 13.4. The molecule has 1 aliphatic carbocycles. The second kappa shape index (κ2) is 6.67. The third kappa shape index (κ3) is 3.37. The van der Waals surface area contributed by atoms with Gasteiger partial charge in [0.15, 0.2) is 0 Å². The van der Waals surface area contributed by atoms with E-state index in [4.69, 9.17) is 4.74 Å². The van der Waals surface area contributed by atoms with Gasteiger partial charge in [-0.05, 0) is 31.2 Å². The zero-order chi connectivity index (χ0) is 15.5. The Morgan fingerprint density at radius 3 is 2.74 bits per heavy atom. The molecule has 23 heavy (non-hydrogen) atoms. The summed E-state index contributed by atoms with van der Waals surface area (Å²) in [6, 6.07) is 10.6. The molecule has 120 valence electrons. The Kier molecular flexibility index (Phi) is 4.24. The van der Waals surface area contributed by atoms with E-state index in [1.165, 1.54) is 24.0 Å². The van der Waals surface area contributed by atoms with E-state index < -0.39 is 0 Å². The number of hydrogen-bond acceptors (Lipinski definition) is 4.